The molecule has 2 aromatic heterocycles. The molecule has 0 fully saturated rings. The second kappa shape index (κ2) is 6.55. The monoisotopic (exact) mass is 312 g/mol. The lowest BCUT2D eigenvalue weighted by molar-refractivity contribution is -0.117. The maximum absolute atomic E-state index is 11.9. The van der Waals surface area contributed by atoms with Crippen molar-refractivity contribution in [3.8, 4) is 0 Å². The molecule has 0 saturated heterocycles. The summed E-state index contributed by atoms with van der Waals surface area (Å²) in [6.45, 7) is 0. The third-order valence-electron chi connectivity index (χ3n) is 2.38. The van der Waals surface area contributed by atoms with Gasteiger partial charge in [-0.05, 0) is 0 Å². The maximum atomic E-state index is 11.9. The molecule has 0 spiro atoms. The zero-order valence-corrected chi connectivity index (χ0v) is 12.2. The number of nitrogens with zero attached hydrogens (tertiary/aromatic N) is 2. The number of hydrogen-bond acceptors (Lipinski definition) is 8. The number of esters is 1. The van der Waals surface area contributed by atoms with Crippen LogP contribution in [0.15, 0.2) is 16.3 Å². The zero-order valence-electron chi connectivity index (χ0n) is 10.5. The normalized spacial score (nSPS) is 11.9. The molecule has 0 aliphatic carbocycles. The molecule has 2 rings (SSSR count). The molecule has 0 radical (unpaired) electrons. The highest BCUT2D eigenvalue weighted by Crippen LogP contribution is 2.16. The summed E-state index contributed by atoms with van der Waals surface area (Å²) in [6, 6.07) is -0.720. The van der Waals surface area contributed by atoms with Crippen LogP contribution in [0.25, 0.3) is 0 Å². The van der Waals surface area contributed by atoms with Crippen molar-refractivity contribution in [1.82, 2.24) is 9.97 Å². The standard InChI is InChI=1S/C11H12N4O3S2/c1-18-10(17)8-4-20-11(14-8)15-9(16)7(12)2-6-3-19-5-13-6/h3-5,7H,2,12H2,1H3,(H,14,15,16)/t7-/m0/s1. The Hall–Kier alpha value is -1.84. The van der Waals surface area contributed by atoms with E-state index < -0.39 is 12.0 Å². The van der Waals surface area contributed by atoms with Crippen LogP contribution in [0.5, 0.6) is 0 Å². The minimum Gasteiger partial charge on any atom is -0.464 e. The van der Waals surface area contributed by atoms with Crippen molar-refractivity contribution in [2.24, 2.45) is 5.73 Å². The second-order valence-corrected chi connectivity index (χ2v) is 5.39. The Bertz CT molecular complexity index is 597. The van der Waals surface area contributed by atoms with Crippen LogP contribution in [0.3, 0.4) is 0 Å². The lowest BCUT2D eigenvalue weighted by Crippen LogP contribution is -2.37. The largest absolute Gasteiger partial charge is 0.464 e. The number of hydrogen-bond donors (Lipinski definition) is 2. The summed E-state index contributed by atoms with van der Waals surface area (Å²) < 4.78 is 4.53. The fraction of sp³-hybridized carbons (Fsp3) is 0.273. The lowest BCUT2D eigenvalue weighted by Gasteiger charge is -2.08. The summed E-state index contributed by atoms with van der Waals surface area (Å²) in [5, 5.41) is 6.22. The van der Waals surface area contributed by atoms with Gasteiger partial charge >= 0.3 is 5.97 Å². The van der Waals surface area contributed by atoms with Crippen molar-refractivity contribution in [3.63, 3.8) is 0 Å². The van der Waals surface area contributed by atoms with E-state index in [4.69, 9.17) is 5.73 Å². The van der Waals surface area contributed by atoms with E-state index in [1.165, 1.54) is 23.8 Å². The number of aromatic nitrogens is 2. The van der Waals surface area contributed by atoms with Gasteiger partial charge in [-0.25, -0.2) is 14.8 Å². The molecule has 0 aliphatic heterocycles. The fourth-order valence-corrected chi connectivity index (χ4v) is 2.64. The van der Waals surface area contributed by atoms with E-state index in [0.29, 0.717) is 11.6 Å². The first-order valence-electron chi connectivity index (χ1n) is 5.57. The van der Waals surface area contributed by atoms with Crippen molar-refractivity contribution in [2.45, 2.75) is 12.5 Å². The first-order chi connectivity index (χ1) is 9.60. The molecule has 2 aromatic rings. The zero-order chi connectivity index (χ0) is 14.5. The smallest absolute Gasteiger partial charge is 0.357 e. The third-order valence-corrected chi connectivity index (χ3v) is 3.77. The van der Waals surface area contributed by atoms with Crippen molar-refractivity contribution in [3.05, 3.63) is 27.7 Å². The summed E-state index contributed by atoms with van der Waals surface area (Å²) in [4.78, 5) is 31.1. The number of rotatable bonds is 5. The Kier molecular flexibility index (Phi) is 4.77. The van der Waals surface area contributed by atoms with Gasteiger partial charge in [0.1, 0.15) is 0 Å². The highest BCUT2D eigenvalue weighted by molar-refractivity contribution is 7.14. The first-order valence-corrected chi connectivity index (χ1v) is 7.39. The topological polar surface area (TPSA) is 107 Å². The van der Waals surface area contributed by atoms with Crippen molar-refractivity contribution in [2.75, 3.05) is 12.4 Å². The summed E-state index contributed by atoms with van der Waals surface area (Å²) >= 11 is 2.58. The van der Waals surface area contributed by atoms with Crippen LogP contribution >= 0.6 is 22.7 Å². The van der Waals surface area contributed by atoms with Crippen LogP contribution in [-0.2, 0) is 16.0 Å². The van der Waals surface area contributed by atoms with E-state index in [2.05, 4.69) is 20.0 Å². The molecule has 0 unspecified atom stereocenters. The molecular formula is C11H12N4O3S2. The number of anilines is 1. The number of nitrogens with two attached hydrogens (primary N) is 1. The SMILES string of the molecule is COC(=O)c1csc(NC(=O)[C@@H](N)Cc2cscn2)n1. The molecule has 1 amide bonds. The molecule has 106 valence electrons. The average Bonchev–Trinajstić information content (AvgIpc) is 3.09. The van der Waals surface area contributed by atoms with E-state index in [9.17, 15) is 9.59 Å². The first kappa shape index (κ1) is 14.6. The van der Waals surface area contributed by atoms with Gasteiger partial charge in [-0.3, -0.25) is 4.79 Å². The number of nitrogens with one attached hydrogen (secondary N) is 1. The van der Waals surface area contributed by atoms with E-state index in [0.717, 1.165) is 17.0 Å². The molecule has 0 aromatic carbocycles. The Labute approximate surface area is 122 Å². The highest BCUT2D eigenvalue weighted by atomic mass is 32.1. The van der Waals surface area contributed by atoms with E-state index >= 15 is 0 Å². The highest BCUT2D eigenvalue weighted by Gasteiger charge is 2.18. The van der Waals surface area contributed by atoms with Crippen molar-refractivity contribution >= 4 is 39.7 Å². The molecule has 2 heterocycles. The lowest BCUT2D eigenvalue weighted by atomic mass is 10.2. The van der Waals surface area contributed by atoms with Crippen LogP contribution in [0.4, 0.5) is 5.13 Å². The number of amides is 1. The van der Waals surface area contributed by atoms with E-state index in [-0.39, 0.29) is 11.6 Å². The Morgan fingerprint density at radius 3 is 2.95 bits per heavy atom. The average molecular weight is 312 g/mol. The van der Waals surface area contributed by atoms with Gasteiger partial charge in [0, 0.05) is 17.2 Å². The van der Waals surface area contributed by atoms with Gasteiger partial charge in [0.2, 0.25) is 5.91 Å². The van der Waals surface area contributed by atoms with Gasteiger partial charge < -0.3 is 15.8 Å². The number of methoxy groups -OCH3 is 1. The molecule has 0 bridgehead atoms. The third kappa shape index (κ3) is 3.59. The summed E-state index contributed by atoms with van der Waals surface area (Å²) in [5.41, 5.74) is 8.39. The van der Waals surface area contributed by atoms with Gasteiger partial charge in [-0.15, -0.1) is 22.7 Å². The number of carbonyl (C=O) groups is 2. The molecule has 9 heteroatoms. The van der Waals surface area contributed by atoms with E-state index in [1.807, 2.05) is 5.38 Å². The Balaban J connectivity index is 1.93. The minimum atomic E-state index is -0.720. The van der Waals surface area contributed by atoms with Crippen LogP contribution in [0.2, 0.25) is 0 Å². The van der Waals surface area contributed by atoms with Crippen molar-refractivity contribution < 1.29 is 14.3 Å². The van der Waals surface area contributed by atoms with Gasteiger partial charge in [0.25, 0.3) is 0 Å². The number of ether oxygens (including phenoxy) is 1. The molecule has 0 saturated carbocycles. The second-order valence-electron chi connectivity index (χ2n) is 3.81. The molecular weight excluding hydrogens is 300 g/mol. The molecule has 20 heavy (non-hydrogen) atoms. The van der Waals surface area contributed by atoms with E-state index in [1.54, 1.807) is 5.51 Å². The quantitative estimate of drug-likeness (QED) is 0.794. The van der Waals surface area contributed by atoms with Crippen LogP contribution < -0.4 is 11.1 Å². The number of thiazole rings is 2. The van der Waals surface area contributed by atoms with Gasteiger partial charge in [-0.2, -0.15) is 0 Å². The molecule has 7 nitrogen and oxygen atoms in total. The number of carbonyl (C=O) groups excluding carboxylic acids is 2. The summed E-state index contributed by atoms with van der Waals surface area (Å²) in [7, 11) is 1.27. The van der Waals surface area contributed by atoms with Gasteiger partial charge in [0.05, 0.1) is 24.4 Å². The minimum absolute atomic E-state index is 0.154. The summed E-state index contributed by atoms with van der Waals surface area (Å²) in [6.07, 6.45) is 0.352. The molecule has 1 atom stereocenters. The van der Waals surface area contributed by atoms with Crippen LogP contribution in [0, 0.1) is 0 Å². The Morgan fingerprint density at radius 2 is 2.30 bits per heavy atom. The van der Waals surface area contributed by atoms with Gasteiger partial charge in [0.15, 0.2) is 10.8 Å². The molecule has 0 aliphatic rings. The fourth-order valence-electron chi connectivity index (χ4n) is 1.38. The van der Waals surface area contributed by atoms with Gasteiger partial charge in [-0.1, -0.05) is 0 Å². The summed E-state index contributed by atoms with van der Waals surface area (Å²) in [5.74, 6) is -0.919. The predicted octanol–water partition coefficient (Wildman–Crippen LogP) is 0.895. The maximum Gasteiger partial charge on any atom is 0.357 e. The Morgan fingerprint density at radius 1 is 1.50 bits per heavy atom. The van der Waals surface area contributed by atoms with Crippen molar-refractivity contribution in [1.29, 1.82) is 0 Å². The molecule has 3 N–H and O–H groups in total. The van der Waals surface area contributed by atoms with Crippen LogP contribution in [-0.4, -0.2) is 35.0 Å². The van der Waals surface area contributed by atoms with Crippen LogP contribution in [0.1, 0.15) is 16.2 Å². The predicted molar refractivity (Wildman–Crippen MR) is 75.9 cm³/mol.